The van der Waals surface area contributed by atoms with Crippen molar-refractivity contribution in [3.05, 3.63) is 64.7 Å². The minimum absolute atomic E-state index is 0.0482. The van der Waals surface area contributed by atoms with Crippen LogP contribution in [-0.2, 0) is 0 Å². The number of nitrogens with two attached hydrogens (primary N) is 1. The zero-order chi connectivity index (χ0) is 13.8. The summed E-state index contributed by atoms with van der Waals surface area (Å²) >= 11 is 11.0. The first kappa shape index (κ1) is 13.8. The van der Waals surface area contributed by atoms with Gasteiger partial charge < -0.3 is 10.5 Å². The van der Waals surface area contributed by atoms with Gasteiger partial charge >= 0.3 is 0 Å². The Morgan fingerprint density at radius 3 is 2.47 bits per heavy atom. The lowest BCUT2D eigenvalue weighted by Gasteiger charge is -2.15. The molecule has 0 heterocycles. The van der Waals surface area contributed by atoms with E-state index >= 15 is 0 Å². The Bertz CT molecular complexity index is 586. The van der Waals surface area contributed by atoms with Gasteiger partial charge in [-0.25, -0.2) is 0 Å². The molecular formula is C15H14ClNOS. The van der Waals surface area contributed by atoms with Crippen molar-refractivity contribution in [1.82, 2.24) is 0 Å². The van der Waals surface area contributed by atoms with Gasteiger partial charge in [0.15, 0.2) is 0 Å². The molecule has 0 fully saturated rings. The summed E-state index contributed by atoms with van der Waals surface area (Å²) in [6.45, 7) is 1.99. The maximum atomic E-state index is 6.11. The van der Waals surface area contributed by atoms with Crippen molar-refractivity contribution < 1.29 is 4.74 Å². The highest BCUT2D eigenvalue weighted by atomic mass is 35.5. The molecule has 0 aliphatic rings. The molecule has 0 radical (unpaired) electrons. The third-order valence-corrected chi connectivity index (χ3v) is 3.32. The highest BCUT2D eigenvalue weighted by Gasteiger charge is 2.09. The van der Waals surface area contributed by atoms with E-state index in [4.69, 9.17) is 34.3 Å². The first-order valence-electron chi connectivity index (χ1n) is 5.89. The average Bonchev–Trinajstić information content (AvgIpc) is 2.39. The molecule has 0 bridgehead atoms. The molecule has 1 unspecified atom stereocenters. The summed E-state index contributed by atoms with van der Waals surface area (Å²) in [5.74, 6) is 0.696. The first-order chi connectivity index (χ1) is 9.08. The van der Waals surface area contributed by atoms with Crippen LogP contribution in [0.4, 0.5) is 0 Å². The molecule has 2 aromatic rings. The number of rotatable bonds is 4. The van der Waals surface area contributed by atoms with E-state index < -0.39 is 0 Å². The number of benzene rings is 2. The van der Waals surface area contributed by atoms with E-state index in [1.807, 2.05) is 43.3 Å². The van der Waals surface area contributed by atoms with Crippen molar-refractivity contribution in [2.45, 2.75) is 13.0 Å². The summed E-state index contributed by atoms with van der Waals surface area (Å²) in [6, 6.07) is 15.3. The first-order valence-corrected chi connectivity index (χ1v) is 6.67. The quantitative estimate of drug-likeness (QED) is 0.861. The topological polar surface area (TPSA) is 35.2 Å². The monoisotopic (exact) mass is 291 g/mol. The van der Waals surface area contributed by atoms with Crippen molar-refractivity contribution in [2.24, 2.45) is 5.73 Å². The highest BCUT2D eigenvalue weighted by Crippen LogP contribution is 2.26. The van der Waals surface area contributed by atoms with Crippen molar-refractivity contribution in [1.29, 1.82) is 0 Å². The van der Waals surface area contributed by atoms with Crippen molar-refractivity contribution in [3.63, 3.8) is 0 Å². The maximum Gasteiger partial charge on any atom is 0.121 e. The largest absolute Gasteiger partial charge is 0.486 e. The van der Waals surface area contributed by atoms with Gasteiger partial charge in [0, 0.05) is 5.56 Å². The molecule has 98 valence electrons. The van der Waals surface area contributed by atoms with E-state index in [9.17, 15) is 0 Å². The molecule has 0 aliphatic carbocycles. The second-order valence-corrected chi connectivity index (χ2v) is 5.02. The Kier molecular flexibility index (Phi) is 4.40. The molecule has 0 amide bonds. The van der Waals surface area contributed by atoms with E-state index in [2.05, 4.69) is 0 Å². The van der Waals surface area contributed by atoms with Crippen LogP contribution in [0.1, 0.15) is 24.2 Å². The standard InChI is InChI=1S/C15H14ClNOS/c1-10(11-5-3-2-4-6-11)18-12-7-8-13(15(17)19)14(16)9-12/h2-10H,1H3,(H2,17,19). The van der Waals surface area contributed by atoms with Gasteiger partial charge in [-0.2, -0.15) is 0 Å². The fourth-order valence-corrected chi connectivity index (χ4v) is 2.27. The van der Waals surface area contributed by atoms with Gasteiger partial charge in [0.1, 0.15) is 16.8 Å². The van der Waals surface area contributed by atoms with Gasteiger partial charge in [0.2, 0.25) is 0 Å². The molecule has 1 atom stereocenters. The van der Waals surface area contributed by atoms with Gasteiger partial charge in [-0.3, -0.25) is 0 Å². The summed E-state index contributed by atoms with van der Waals surface area (Å²) in [4.78, 5) is 0.285. The number of halogens is 1. The van der Waals surface area contributed by atoms with Crippen LogP contribution in [0.15, 0.2) is 48.5 Å². The molecule has 2 aromatic carbocycles. The molecule has 2 rings (SSSR count). The summed E-state index contributed by atoms with van der Waals surface area (Å²) in [6.07, 6.45) is -0.0482. The molecule has 0 saturated carbocycles. The zero-order valence-electron chi connectivity index (χ0n) is 10.5. The van der Waals surface area contributed by atoms with Crippen LogP contribution >= 0.6 is 23.8 Å². The Morgan fingerprint density at radius 1 is 1.21 bits per heavy atom. The third kappa shape index (κ3) is 3.46. The number of hydrogen-bond donors (Lipinski definition) is 1. The summed E-state index contributed by atoms with van der Waals surface area (Å²) in [5, 5.41) is 0.505. The molecule has 0 aromatic heterocycles. The summed E-state index contributed by atoms with van der Waals surface area (Å²) < 4.78 is 5.85. The van der Waals surface area contributed by atoms with Gasteiger partial charge in [0.25, 0.3) is 0 Å². The molecule has 2 N–H and O–H groups in total. The third-order valence-electron chi connectivity index (χ3n) is 2.79. The normalized spacial score (nSPS) is 11.9. The number of ether oxygens (including phenoxy) is 1. The molecule has 4 heteroatoms. The maximum absolute atomic E-state index is 6.11. The smallest absolute Gasteiger partial charge is 0.121 e. The zero-order valence-corrected chi connectivity index (χ0v) is 12.0. The minimum atomic E-state index is -0.0482. The van der Waals surface area contributed by atoms with Crippen LogP contribution in [-0.4, -0.2) is 4.99 Å². The SMILES string of the molecule is CC(Oc1ccc(C(N)=S)c(Cl)c1)c1ccccc1. The van der Waals surface area contributed by atoms with Crippen LogP contribution in [0, 0.1) is 0 Å². The minimum Gasteiger partial charge on any atom is -0.486 e. The Hall–Kier alpha value is -1.58. The van der Waals surface area contributed by atoms with Gasteiger partial charge in [0.05, 0.1) is 5.02 Å². The van der Waals surface area contributed by atoms with Crippen molar-refractivity contribution >= 4 is 28.8 Å². The highest BCUT2D eigenvalue weighted by molar-refractivity contribution is 7.80. The molecule has 0 saturated heterocycles. The van der Waals surface area contributed by atoms with Crippen molar-refractivity contribution in [3.8, 4) is 5.75 Å². The Morgan fingerprint density at radius 2 is 1.89 bits per heavy atom. The van der Waals surface area contributed by atoms with Crippen molar-refractivity contribution in [2.75, 3.05) is 0 Å². The second kappa shape index (κ2) is 6.04. The fourth-order valence-electron chi connectivity index (χ4n) is 1.77. The van der Waals surface area contributed by atoms with Crippen LogP contribution in [0.2, 0.25) is 5.02 Å². The lowest BCUT2D eigenvalue weighted by Crippen LogP contribution is -2.10. The van der Waals surface area contributed by atoms with E-state index in [0.717, 1.165) is 5.56 Å². The number of thiocarbonyl (C=S) groups is 1. The molecule has 0 aliphatic heterocycles. The van der Waals surface area contributed by atoms with E-state index in [1.165, 1.54) is 0 Å². The van der Waals surface area contributed by atoms with Crippen LogP contribution in [0.3, 0.4) is 0 Å². The Labute approximate surface area is 123 Å². The van der Waals surface area contributed by atoms with Gasteiger partial charge in [-0.05, 0) is 30.7 Å². The van der Waals surface area contributed by atoms with Gasteiger partial charge in [-0.15, -0.1) is 0 Å². The van der Waals surface area contributed by atoms with Crippen LogP contribution in [0.5, 0.6) is 5.75 Å². The predicted octanol–water partition coefficient (Wildman–Crippen LogP) is 4.11. The van der Waals surface area contributed by atoms with Crippen LogP contribution < -0.4 is 10.5 Å². The van der Waals surface area contributed by atoms with Gasteiger partial charge in [-0.1, -0.05) is 54.2 Å². The predicted molar refractivity (Wildman–Crippen MR) is 82.8 cm³/mol. The molecular weight excluding hydrogens is 278 g/mol. The lowest BCUT2D eigenvalue weighted by molar-refractivity contribution is 0.227. The van der Waals surface area contributed by atoms with E-state index in [0.29, 0.717) is 16.3 Å². The van der Waals surface area contributed by atoms with E-state index in [-0.39, 0.29) is 11.1 Å². The molecule has 2 nitrogen and oxygen atoms in total. The second-order valence-electron chi connectivity index (χ2n) is 4.18. The molecule has 0 spiro atoms. The average molecular weight is 292 g/mol. The summed E-state index contributed by atoms with van der Waals surface area (Å²) in [5.41, 5.74) is 7.33. The number of hydrogen-bond acceptors (Lipinski definition) is 2. The fraction of sp³-hybridized carbons (Fsp3) is 0.133. The lowest BCUT2D eigenvalue weighted by atomic mass is 10.1. The van der Waals surface area contributed by atoms with Crippen LogP contribution in [0.25, 0.3) is 0 Å². The molecule has 19 heavy (non-hydrogen) atoms. The Balaban J connectivity index is 2.16. The summed E-state index contributed by atoms with van der Waals surface area (Å²) in [7, 11) is 0. The van der Waals surface area contributed by atoms with E-state index in [1.54, 1.807) is 12.1 Å².